The molecule has 0 N–H and O–H groups in total. The van der Waals surface area contributed by atoms with Crippen LogP contribution in [0.3, 0.4) is 0 Å². The van der Waals surface area contributed by atoms with Crippen LogP contribution in [-0.4, -0.2) is 74.3 Å². The number of methoxy groups -OCH3 is 1. The van der Waals surface area contributed by atoms with Gasteiger partial charge in [-0.1, -0.05) is 12.1 Å². The maximum Gasteiger partial charge on any atom is 0.145 e. The van der Waals surface area contributed by atoms with Crippen molar-refractivity contribution in [1.29, 1.82) is 0 Å². The molecule has 134 valence electrons. The Labute approximate surface area is 150 Å². The van der Waals surface area contributed by atoms with Gasteiger partial charge in [-0.15, -0.1) is 0 Å². The van der Waals surface area contributed by atoms with Crippen molar-refractivity contribution in [2.45, 2.75) is 18.4 Å². The van der Waals surface area contributed by atoms with Gasteiger partial charge < -0.3 is 14.5 Å². The maximum absolute atomic E-state index is 5.49. The van der Waals surface area contributed by atoms with Gasteiger partial charge in [0, 0.05) is 43.6 Å². The number of fused-ring (bicyclic) bond motifs is 1. The van der Waals surface area contributed by atoms with Crippen molar-refractivity contribution in [1.82, 2.24) is 14.8 Å². The minimum absolute atomic E-state index is 0.331. The maximum atomic E-state index is 5.49. The Kier molecular flexibility index (Phi) is 4.29. The van der Waals surface area contributed by atoms with Gasteiger partial charge in [-0.2, -0.15) is 0 Å². The molecule has 3 heterocycles. The van der Waals surface area contributed by atoms with E-state index in [0.29, 0.717) is 5.54 Å². The highest BCUT2D eigenvalue weighted by Crippen LogP contribution is 2.33. The lowest BCUT2D eigenvalue weighted by atomic mass is 9.84. The molecular weight excluding hydrogens is 312 g/mol. The van der Waals surface area contributed by atoms with E-state index in [4.69, 9.17) is 9.72 Å². The van der Waals surface area contributed by atoms with Gasteiger partial charge >= 0.3 is 0 Å². The van der Waals surface area contributed by atoms with Crippen molar-refractivity contribution in [3.05, 3.63) is 30.3 Å². The molecular formula is C20H28N4O. The molecule has 2 aliphatic heterocycles. The first-order chi connectivity index (χ1) is 12.1. The van der Waals surface area contributed by atoms with Gasteiger partial charge in [0.2, 0.25) is 0 Å². The van der Waals surface area contributed by atoms with Crippen LogP contribution in [-0.2, 0) is 0 Å². The highest BCUT2D eigenvalue weighted by molar-refractivity contribution is 5.86. The standard InChI is InChI=1S/C20H28N4O/c1-22-13-14-23(2)20(15-22)9-11-24(12-10-20)18-8-7-16-5-4-6-17(25-3)19(16)21-18/h4-8H,9-15H2,1-3H3. The molecule has 1 spiro atoms. The lowest BCUT2D eigenvalue weighted by Crippen LogP contribution is -2.63. The van der Waals surface area contributed by atoms with E-state index in [1.807, 2.05) is 12.1 Å². The van der Waals surface area contributed by atoms with Crippen molar-refractivity contribution >= 4 is 16.7 Å². The van der Waals surface area contributed by atoms with Gasteiger partial charge in [0.15, 0.2) is 0 Å². The first kappa shape index (κ1) is 16.6. The smallest absolute Gasteiger partial charge is 0.145 e. The highest BCUT2D eigenvalue weighted by Gasteiger charge is 2.41. The normalized spacial score (nSPS) is 21.8. The van der Waals surface area contributed by atoms with Crippen molar-refractivity contribution in [3.63, 3.8) is 0 Å². The molecule has 5 heteroatoms. The summed E-state index contributed by atoms with van der Waals surface area (Å²) in [5.41, 5.74) is 1.29. The second kappa shape index (κ2) is 6.46. The molecule has 0 atom stereocenters. The van der Waals surface area contributed by atoms with E-state index in [1.165, 1.54) is 32.5 Å². The third kappa shape index (κ3) is 2.96. The van der Waals surface area contributed by atoms with E-state index in [-0.39, 0.29) is 0 Å². The summed E-state index contributed by atoms with van der Waals surface area (Å²) in [6, 6.07) is 10.4. The molecule has 0 aliphatic carbocycles. The average molecular weight is 340 g/mol. The van der Waals surface area contributed by atoms with Gasteiger partial charge in [-0.3, -0.25) is 4.90 Å². The van der Waals surface area contributed by atoms with Crippen LogP contribution in [0.1, 0.15) is 12.8 Å². The molecule has 2 aromatic rings. The van der Waals surface area contributed by atoms with E-state index in [9.17, 15) is 0 Å². The molecule has 4 rings (SSSR count). The van der Waals surface area contributed by atoms with Crippen LogP contribution in [0.4, 0.5) is 5.82 Å². The monoisotopic (exact) mass is 340 g/mol. The van der Waals surface area contributed by atoms with Crippen molar-refractivity contribution < 1.29 is 4.74 Å². The van der Waals surface area contributed by atoms with Gasteiger partial charge in [-0.05, 0) is 45.1 Å². The first-order valence-corrected chi connectivity index (χ1v) is 9.20. The Morgan fingerprint density at radius 1 is 1.00 bits per heavy atom. The van der Waals surface area contributed by atoms with Crippen LogP contribution in [0.25, 0.3) is 10.9 Å². The average Bonchev–Trinajstić information content (AvgIpc) is 2.65. The second-order valence-corrected chi connectivity index (χ2v) is 7.57. The predicted molar refractivity (Wildman–Crippen MR) is 103 cm³/mol. The van der Waals surface area contributed by atoms with E-state index in [1.54, 1.807) is 7.11 Å². The summed E-state index contributed by atoms with van der Waals surface area (Å²) in [4.78, 5) is 12.4. The fraction of sp³-hybridized carbons (Fsp3) is 0.550. The largest absolute Gasteiger partial charge is 0.494 e. The number of likely N-dealkylation sites (N-methyl/N-ethyl adjacent to an activating group) is 2. The summed E-state index contributed by atoms with van der Waals surface area (Å²) in [6.45, 7) is 5.64. The molecule has 2 fully saturated rings. The molecule has 25 heavy (non-hydrogen) atoms. The van der Waals surface area contributed by atoms with Gasteiger partial charge in [-0.25, -0.2) is 4.98 Å². The summed E-state index contributed by atoms with van der Waals surface area (Å²) in [6.07, 6.45) is 2.39. The molecule has 2 aliphatic rings. The van der Waals surface area contributed by atoms with Gasteiger partial charge in [0.25, 0.3) is 0 Å². The van der Waals surface area contributed by atoms with Crippen LogP contribution >= 0.6 is 0 Å². The summed E-state index contributed by atoms with van der Waals surface area (Å²) in [5.74, 6) is 1.92. The van der Waals surface area contributed by atoms with Crippen LogP contribution in [0.5, 0.6) is 5.75 Å². The van der Waals surface area contributed by atoms with Crippen molar-refractivity contribution in [2.75, 3.05) is 58.8 Å². The number of pyridine rings is 1. The molecule has 1 aromatic carbocycles. The molecule has 5 nitrogen and oxygen atoms in total. The Hall–Kier alpha value is -1.85. The van der Waals surface area contributed by atoms with E-state index in [0.717, 1.165) is 35.6 Å². The van der Waals surface area contributed by atoms with Crippen LogP contribution in [0.15, 0.2) is 30.3 Å². The molecule has 0 saturated carbocycles. The minimum Gasteiger partial charge on any atom is -0.494 e. The summed E-state index contributed by atoms with van der Waals surface area (Å²) in [5, 5.41) is 1.13. The second-order valence-electron chi connectivity index (χ2n) is 7.57. The number of nitrogens with zero attached hydrogens (tertiary/aromatic N) is 4. The molecule has 0 bridgehead atoms. The fourth-order valence-electron chi connectivity index (χ4n) is 4.40. The molecule has 0 radical (unpaired) electrons. The Balaban J connectivity index is 1.55. The number of piperazine rings is 1. The number of ether oxygens (including phenoxy) is 1. The third-order valence-corrected chi connectivity index (χ3v) is 6.10. The summed E-state index contributed by atoms with van der Waals surface area (Å²) in [7, 11) is 6.25. The first-order valence-electron chi connectivity index (χ1n) is 9.20. The minimum atomic E-state index is 0.331. The molecule has 1 aromatic heterocycles. The lowest BCUT2D eigenvalue weighted by molar-refractivity contribution is 0.00938. The number of anilines is 1. The number of hydrogen-bond donors (Lipinski definition) is 0. The summed E-state index contributed by atoms with van der Waals surface area (Å²) >= 11 is 0. The lowest BCUT2D eigenvalue weighted by Gasteiger charge is -2.52. The number of benzene rings is 1. The summed E-state index contributed by atoms with van der Waals surface area (Å²) < 4.78 is 5.49. The number of rotatable bonds is 2. The molecule has 2 saturated heterocycles. The predicted octanol–water partition coefficient (Wildman–Crippen LogP) is 2.46. The van der Waals surface area contributed by atoms with Crippen LogP contribution in [0.2, 0.25) is 0 Å². The van der Waals surface area contributed by atoms with Crippen molar-refractivity contribution in [3.8, 4) is 5.75 Å². The van der Waals surface area contributed by atoms with Gasteiger partial charge in [0.05, 0.1) is 7.11 Å². The highest BCUT2D eigenvalue weighted by atomic mass is 16.5. The zero-order valence-electron chi connectivity index (χ0n) is 15.5. The third-order valence-electron chi connectivity index (χ3n) is 6.10. The van der Waals surface area contributed by atoms with Gasteiger partial charge in [0.1, 0.15) is 17.1 Å². The topological polar surface area (TPSA) is 31.8 Å². The van der Waals surface area contributed by atoms with E-state index >= 15 is 0 Å². The van der Waals surface area contributed by atoms with Crippen molar-refractivity contribution in [2.24, 2.45) is 0 Å². The number of para-hydroxylation sites is 1. The van der Waals surface area contributed by atoms with E-state index < -0.39 is 0 Å². The Bertz CT molecular complexity index is 754. The quantitative estimate of drug-likeness (QED) is 0.838. The zero-order valence-corrected chi connectivity index (χ0v) is 15.5. The number of piperidine rings is 1. The fourth-order valence-corrected chi connectivity index (χ4v) is 4.40. The molecule has 0 unspecified atom stereocenters. The number of hydrogen-bond acceptors (Lipinski definition) is 5. The van der Waals surface area contributed by atoms with E-state index in [2.05, 4.69) is 47.0 Å². The SMILES string of the molecule is COc1cccc2ccc(N3CCC4(CC3)CN(C)CCN4C)nc12. The number of aromatic nitrogens is 1. The van der Waals surface area contributed by atoms with Crippen LogP contribution in [0, 0.1) is 0 Å². The van der Waals surface area contributed by atoms with Crippen LogP contribution < -0.4 is 9.64 Å². The Morgan fingerprint density at radius 2 is 1.80 bits per heavy atom. The zero-order chi connectivity index (χ0) is 17.4. The Morgan fingerprint density at radius 3 is 2.56 bits per heavy atom. The molecule has 0 amide bonds.